The zero-order valence-electron chi connectivity index (χ0n) is 10.5. The van der Waals surface area contributed by atoms with E-state index in [0.717, 1.165) is 0 Å². The molecule has 3 nitrogen and oxygen atoms in total. The Labute approximate surface area is 115 Å². The van der Waals surface area contributed by atoms with Crippen molar-refractivity contribution in [1.82, 2.24) is 0 Å². The molecule has 0 radical (unpaired) electrons. The molecule has 0 aromatic heterocycles. The molecule has 0 N–H and O–H groups in total. The first kappa shape index (κ1) is 13.7. The third-order valence-corrected chi connectivity index (χ3v) is 2.56. The van der Waals surface area contributed by atoms with Gasteiger partial charge >= 0.3 is 5.97 Å². The number of carbonyl (C=O) groups excluding carboxylic acids is 2. The second-order valence-electron chi connectivity index (χ2n) is 3.93. The van der Waals surface area contributed by atoms with Crippen LogP contribution in [0.1, 0.15) is 15.9 Å². The molecule has 100 valence electrons. The van der Waals surface area contributed by atoms with E-state index < -0.39 is 11.8 Å². The Morgan fingerprint density at radius 3 is 2.45 bits per heavy atom. The smallest absolute Gasteiger partial charge is 0.343 e. The number of ether oxygens (including phenoxy) is 1. The Morgan fingerprint density at radius 1 is 1.05 bits per heavy atom. The van der Waals surface area contributed by atoms with E-state index in [2.05, 4.69) is 0 Å². The summed E-state index contributed by atoms with van der Waals surface area (Å²) in [5.74, 6) is -0.673. The third kappa shape index (κ3) is 3.38. The van der Waals surface area contributed by atoms with Gasteiger partial charge in [0.1, 0.15) is 17.9 Å². The van der Waals surface area contributed by atoms with Crippen molar-refractivity contribution in [2.75, 3.05) is 0 Å². The van der Waals surface area contributed by atoms with Crippen LogP contribution >= 0.6 is 0 Å². The van der Waals surface area contributed by atoms with Gasteiger partial charge in [0.15, 0.2) is 0 Å². The Kier molecular flexibility index (Phi) is 4.39. The molecule has 0 aliphatic heterocycles. The SMILES string of the molecule is O=C/C=C/c1ccccc1OC(=O)c1ccc(F)cc1. The van der Waals surface area contributed by atoms with Crippen molar-refractivity contribution < 1.29 is 18.7 Å². The van der Waals surface area contributed by atoms with E-state index in [1.165, 1.54) is 30.3 Å². The van der Waals surface area contributed by atoms with Crippen LogP contribution in [0.25, 0.3) is 6.08 Å². The lowest BCUT2D eigenvalue weighted by molar-refractivity contribution is -0.104. The maximum Gasteiger partial charge on any atom is 0.343 e. The predicted molar refractivity (Wildman–Crippen MR) is 72.9 cm³/mol. The number of esters is 1. The molecular formula is C16H11FO3. The van der Waals surface area contributed by atoms with E-state index in [1.807, 2.05) is 0 Å². The minimum Gasteiger partial charge on any atom is -0.422 e. The quantitative estimate of drug-likeness (QED) is 0.371. The maximum absolute atomic E-state index is 12.8. The second-order valence-corrected chi connectivity index (χ2v) is 3.93. The standard InChI is InChI=1S/C16H11FO3/c17-14-9-7-13(8-10-14)16(19)20-15-6-2-1-4-12(15)5-3-11-18/h1-11H/b5-3+. The van der Waals surface area contributed by atoms with Crippen molar-refractivity contribution in [2.45, 2.75) is 0 Å². The Morgan fingerprint density at radius 2 is 1.75 bits per heavy atom. The van der Waals surface area contributed by atoms with Gasteiger partial charge in [0.05, 0.1) is 5.56 Å². The van der Waals surface area contributed by atoms with E-state index in [-0.39, 0.29) is 5.56 Å². The lowest BCUT2D eigenvalue weighted by Crippen LogP contribution is -2.09. The molecule has 0 saturated carbocycles. The summed E-state index contributed by atoms with van der Waals surface area (Å²) >= 11 is 0. The number of benzene rings is 2. The van der Waals surface area contributed by atoms with Gasteiger partial charge in [-0.2, -0.15) is 0 Å². The summed E-state index contributed by atoms with van der Waals surface area (Å²) in [6, 6.07) is 11.9. The molecule has 0 spiro atoms. The lowest BCUT2D eigenvalue weighted by atomic mass is 10.2. The normalized spacial score (nSPS) is 10.4. The summed E-state index contributed by atoms with van der Waals surface area (Å²) in [4.78, 5) is 22.2. The fourth-order valence-corrected chi connectivity index (χ4v) is 1.60. The molecule has 2 rings (SSSR count). The van der Waals surface area contributed by atoms with Crippen molar-refractivity contribution in [3.05, 3.63) is 71.6 Å². The van der Waals surface area contributed by atoms with E-state index >= 15 is 0 Å². The number of hydrogen-bond donors (Lipinski definition) is 0. The van der Waals surface area contributed by atoms with Crippen molar-refractivity contribution >= 4 is 18.3 Å². The van der Waals surface area contributed by atoms with Gasteiger partial charge in [0.2, 0.25) is 0 Å². The van der Waals surface area contributed by atoms with Crippen LogP contribution in [-0.2, 0) is 4.79 Å². The number of para-hydroxylation sites is 1. The van der Waals surface area contributed by atoms with Gasteiger partial charge in [0, 0.05) is 5.56 Å². The van der Waals surface area contributed by atoms with Gasteiger partial charge in [0.25, 0.3) is 0 Å². The molecule has 0 saturated heterocycles. The first-order valence-corrected chi connectivity index (χ1v) is 5.89. The predicted octanol–water partition coefficient (Wildman–Crippen LogP) is 3.26. The van der Waals surface area contributed by atoms with Gasteiger partial charge in [-0.25, -0.2) is 9.18 Å². The highest BCUT2D eigenvalue weighted by Crippen LogP contribution is 2.20. The molecule has 4 heteroatoms. The first-order chi connectivity index (χ1) is 9.70. The van der Waals surface area contributed by atoms with Crippen LogP contribution in [0.15, 0.2) is 54.6 Å². The van der Waals surface area contributed by atoms with Gasteiger partial charge in [-0.15, -0.1) is 0 Å². The molecule has 0 heterocycles. The van der Waals surface area contributed by atoms with Crippen LogP contribution in [0.5, 0.6) is 5.75 Å². The van der Waals surface area contributed by atoms with Gasteiger partial charge in [-0.3, -0.25) is 4.79 Å². The fraction of sp³-hybridized carbons (Fsp3) is 0. The number of hydrogen-bond acceptors (Lipinski definition) is 3. The summed E-state index contributed by atoms with van der Waals surface area (Å²) in [5, 5.41) is 0. The molecule has 0 aliphatic rings. The number of aldehydes is 1. The minimum absolute atomic E-state index is 0.251. The van der Waals surface area contributed by atoms with Crippen LogP contribution < -0.4 is 4.74 Å². The number of halogens is 1. The van der Waals surface area contributed by atoms with Crippen LogP contribution in [-0.4, -0.2) is 12.3 Å². The lowest BCUT2D eigenvalue weighted by Gasteiger charge is -2.07. The van der Waals surface area contributed by atoms with Crippen LogP contribution in [0.3, 0.4) is 0 Å². The molecule has 0 atom stereocenters. The van der Waals surface area contributed by atoms with Crippen molar-refractivity contribution in [3.63, 3.8) is 0 Å². The highest BCUT2D eigenvalue weighted by atomic mass is 19.1. The molecule has 0 fully saturated rings. The van der Waals surface area contributed by atoms with Gasteiger partial charge in [-0.05, 0) is 42.5 Å². The zero-order chi connectivity index (χ0) is 14.4. The Bertz CT molecular complexity index is 645. The van der Waals surface area contributed by atoms with E-state index in [9.17, 15) is 14.0 Å². The zero-order valence-corrected chi connectivity index (χ0v) is 10.5. The highest BCUT2D eigenvalue weighted by Gasteiger charge is 2.10. The molecule has 0 bridgehead atoms. The second kappa shape index (κ2) is 6.43. The maximum atomic E-state index is 12.8. The molecule has 20 heavy (non-hydrogen) atoms. The Hall–Kier alpha value is -2.75. The topological polar surface area (TPSA) is 43.4 Å². The summed E-state index contributed by atoms with van der Waals surface area (Å²) < 4.78 is 18.0. The van der Waals surface area contributed by atoms with E-state index in [1.54, 1.807) is 30.3 Å². The largest absolute Gasteiger partial charge is 0.422 e. The summed E-state index contributed by atoms with van der Waals surface area (Å²) in [5.41, 5.74) is 0.857. The van der Waals surface area contributed by atoms with Crippen molar-refractivity contribution in [2.24, 2.45) is 0 Å². The van der Waals surface area contributed by atoms with Crippen LogP contribution in [0, 0.1) is 5.82 Å². The Balaban J connectivity index is 2.21. The minimum atomic E-state index is -0.586. The summed E-state index contributed by atoms with van der Waals surface area (Å²) in [6.45, 7) is 0. The molecule has 0 unspecified atom stereocenters. The summed E-state index contributed by atoms with van der Waals surface area (Å²) in [6.07, 6.45) is 3.49. The number of allylic oxidation sites excluding steroid dienone is 1. The van der Waals surface area contributed by atoms with Gasteiger partial charge < -0.3 is 4.74 Å². The monoisotopic (exact) mass is 270 g/mol. The average Bonchev–Trinajstić information content (AvgIpc) is 2.47. The van der Waals surface area contributed by atoms with Crippen LogP contribution in [0.2, 0.25) is 0 Å². The molecule has 2 aromatic carbocycles. The number of rotatable bonds is 4. The number of carbonyl (C=O) groups is 2. The van der Waals surface area contributed by atoms with Crippen LogP contribution in [0.4, 0.5) is 4.39 Å². The van der Waals surface area contributed by atoms with Crippen molar-refractivity contribution in [3.8, 4) is 5.75 Å². The fourth-order valence-electron chi connectivity index (χ4n) is 1.60. The average molecular weight is 270 g/mol. The highest BCUT2D eigenvalue weighted by molar-refractivity contribution is 5.91. The third-order valence-electron chi connectivity index (χ3n) is 2.56. The molecular weight excluding hydrogens is 259 g/mol. The van der Waals surface area contributed by atoms with Crippen molar-refractivity contribution in [1.29, 1.82) is 0 Å². The summed E-state index contributed by atoms with van der Waals surface area (Å²) in [7, 11) is 0. The molecule has 0 amide bonds. The first-order valence-electron chi connectivity index (χ1n) is 5.89. The van der Waals surface area contributed by atoms with E-state index in [0.29, 0.717) is 17.6 Å². The van der Waals surface area contributed by atoms with E-state index in [4.69, 9.17) is 4.74 Å². The van der Waals surface area contributed by atoms with Gasteiger partial charge in [-0.1, -0.05) is 18.2 Å². The molecule has 0 aliphatic carbocycles. The molecule has 2 aromatic rings.